The number of amides is 2. The minimum atomic E-state index is -1.36. The van der Waals surface area contributed by atoms with E-state index in [9.17, 15) is 19.5 Å². The molecule has 0 saturated heterocycles. The third-order valence-corrected chi connectivity index (χ3v) is 4.39. The van der Waals surface area contributed by atoms with Crippen molar-refractivity contribution >= 4 is 52.4 Å². The summed E-state index contributed by atoms with van der Waals surface area (Å²) in [5.74, 6) is -2.72. The Morgan fingerprint density at radius 2 is 1.81 bits per heavy atom. The van der Waals surface area contributed by atoms with E-state index in [1.165, 1.54) is 30.3 Å². The van der Waals surface area contributed by atoms with Crippen molar-refractivity contribution in [2.75, 3.05) is 10.2 Å². The minimum Gasteiger partial charge on any atom is -0.545 e. The summed E-state index contributed by atoms with van der Waals surface area (Å²) in [4.78, 5) is 37.1. The molecule has 2 aromatic rings. The molecule has 0 atom stereocenters. The van der Waals surface area contributed by atoms with Crippen molar-refractivity contribution in [2.24, 2.45) is 0 Å². The number of carbonyl (C=O) groups excluding carboxylic acids is 3. The molecule has 0 radical (unpaired) electrons. The molecule has 1 aliphatic rings. The zero-order chi connectivity index (χ0) is 19.0. The fourth-order valence-corrected chi connectivity index (χ4v) is 2.90. The standard InChI is InChI=1S/C18H12Cl2N2O4/c1-9-5-6-11(19)8-13(9)22-16(23)14(20)15(17(22)24)21-12-4-2-3-10(7-12)18(25)26/h2-8,21H,1H3,(H,25,26)/p-1. The fraction of sp³-hybridized carbons (Fsp3) is 0.0556. The number of anilines is 2. The maximum absolute atomic E-state index is 12.7. The summed E-state index contributed by atoms with van der Waals surface area (Å²) in [6, 6.07) is 10.5. The van der Waals surface area contributed by atoms with Crippen LogP contribution in [0, 0.1) is 6.92 Å². The first-order chi connectivity index (χ1) is 12.3. The van der Waals surface area contributed by atoms with Gasteiger partial charge in [-0.2, -0.15) is 0 Å². The average Bonchev–Trinajstić information content (AvgIpc) is 2.81. The van der Waals surface area contributed by atoms with E-state index in [1.807, 2.05) is 0 Å². The topological polar surface area (TPSA) is 89.5 Å². The summed E-state index contributed by atoms with van der Waals surface area (Å²) in [6.45, 7) is 1.73. The molecule has 0 bridgehead atoms. The highest BCUT2D eigenvalue weighted by atomic mass is 35.5. The second-order valence-electron chi connectivity index (χ2n) is 5.56. The lowest BCUT2D eigenvalue weighted by molar-refractivity contribution is -0.255. The Balaban J connectivity index is 1.96. The lowest BCUT2D eigenvalue weighted by Crippen LogP contribution is -2.32. The first kappa shape index (κ1) is 18.0. The van der Waals surface area contributed by atoms with Crippen molar-refractivity contribution in [3.05, 3.63) is 69.3 Å². The summed E-state index contributed by atoms with van der Waals surface area (Å²) in [5, 5.41) is 13.7. The molecule has 2 amide bonds. The quantitative estimate of drug-likeness (QED) is 0.811. The first-order valence-corrected chi connectivity index (χ1v) is 8.18. The summed E-state index contributed by atoms with van der Waals surface area (Å²) < 4.78 is 0. The van der Waals surface area contributed by atoms with Gasteiger partial charge in [0.15, 0.2) is 0 Å². The second kappa shape index (κ2) is 6.82. The number of carboxylic acid groups (broad SMARTS) is 1. The van der Waals surface area contributed by atoms with E-state index in [0.717, 1.165) is 4.90 Å². The molecule has 1 heterocycles. The smallest absolute Gasteiger partial charge is 0.283 e. The maximum atomic E-state index is 12.7. The number of hydrogen-bond acceptors (Lipinski definition) is 5. The third-order valence-electron chi connectivity index (χ3n) is 3.81. The molecule has 8 heteroatoms. The molecule has 1 N–H and O–H groups in total. The number of imide groups is 1. The van der Waals surface area contributed by atoms with Crippen LogP contribution in [0.25, 0.3) is 0 Å². The molecule has 0 saturated carbocycles. The van der Waals surface area contributed by atoms with Gasteiger partial charge in [0.25, 0.3) is 11.8 Å². The number of rotatable bonds is 4. The first-order valence-electron chi connectivity index (χ1n) is 7.42. The third kappa shape index (κ3) is 3.16. The van der Waals surface area contributed by atoms with Gasteiger partial charge < -0.3 is 15.2 Å². The van der Waals surface area contributed by atoms with Gasteiger partial charge >= 0.3 is 0 Å². The van der Waals surface area contributed by atoms with Crippen LogP contribution >= 0.6 is 23.2 Å². The van der Waals surface area contributed by atoms with Crippen molar-refractivity contribution in [3.63, 3.8) is 0 Å². The Morgan fingerprint density at radius 3 is 2.50 bits per heavy atom. The van der Waals surface area contributed by atoms with Gasteiger partial charge in [-0.25, -0.2) is 4.90 Å². The lowest BCUT2D eigenvalue weighted by Gasteiger charge is -2.18. The Kier molecular flexibility index (Phi) is 4.71. The Hall–Kier alpha value is -2.83. The predicted octanol–water partition coefficient (Wildman–Crippen LogP) is 2.45. The number of aryl methyl sites for hydroxylation is 1. The normalized spacial score (nSPS) is 14.2. The van der Waals surface area contributed by atoms with Crippen LogP contribution < -0.4 is 15.3 Å². The molecule has 6 nitrogen and oxygen atoms in total. The van der Waals surface area contributed by atoms with Gasteiger partial charge in [-0.05, 0) is 42.3 Å². The predicted molar refractivity (Wildman–Crippen MR) is 96.0 cm³/mol. The molecule has 0 unspecified atom stereocenters. The molecular weight excluding hydrogens is 379 g/mol. The molecule has 26 heavy (non-hydrogen) atoms. The van der Waals surface area contributed by atoms with Gasteiger partial charge in [-0.3, -0.25) is 9.59 Å². The highest BCUT2D eigenvalue weighted by Crippen LogP contribution is 2.33. The van der Waals surface area contributed by atoms with Crippen molar-refractivity contribution in [3.8, 4) is 0 Å². The van der Waals surface area contributed by atoms with Crippen LogP contribution in [0.5, 0.6) is 0 Å². The summed E-state index contributed by atoms with van der Waals surface area (Å²) in [5.41, 5.74) is 1.05. The Bertz CT molecular complexity index is 985. The average molecular weight is 390 g/mol. The monoisotopic (exact) mass is 389 g/mol. The van der Waals surface area contributed by atoms with Crippen LogP contribution in [0.3, 0.4) is 0 Å². The van der Waals surface area contributed by atoms with Gasteiger partial charge in [-0.15, -0.1) is 0 Å². The van der Waals surface area contributed by atoms with Crippen molar-refractivity contribution in [2.45, 2.75) is 6.92 Å². The van der Waals surface area contributed by atoms with E-state index >= 15 is 0 Å². The molecule has 3 rings (SSSR count). The van der Waals surface area contributed by atoms with Gasteiger partial charge in [0.05, 0.1) is 11.7 Å². The number of benzene rings is 2. The fourth-order valence-electron chi connectivity index (χ4n) is 2.52. The number of hydrogen-bond donors (Lipinski definition) is 1. The van der Waals surface area contributed by atoms with Gasteiger partial charge in [0.1, 0.15) is 10.7 Å². The van der Waals surface area contributed by atoms with Crippen LogP contribution in [-0.4, -0.2) is 17.8 Å². The SMILES string of the molecule is Cc1ccc(Cl)cc1N1C(=O)C(Cl)=C(Nc2cccc(C(=O)[O-])c2)C1=O. The molecule has 132 valence electrons. The lowest BCUT2D eigenvalue weighted by atomic mass is 10.2. The maximum Gasteiger partial charge on any atom is 0.283 e. The van der Waals surface area contributed by atoms with E-state index in [-0.39, 0.29) is 22.0 Å². The van der Waals surface area contributed by atoms with Crippen LogP contribution in [0.2, 0.25) is 5.02 Å². The molecule has 0 aliphatic carbocycles. The van der Waals surface area contributed by atoms with Crippen LogP contribution in [0.1, 0.15) is 15.9 Å². The highest BCUT2D eigenvalue weighted by molar-refractivity contribution is 6.53. The van der Waals surface area contributed by atoms with E-state index < -0.39 is 17.8 Å². The highest BCUT2D eigenvalue weighted by Gasteiger charge is 2.39. The molecule has 1 aliphatic heterocycles. The van der Waals surface area contributed by atoms with Crippen LogP contribution in [0.15, 0.2) is 53.2 Å². The Morgan fingerprint density at radius 1 is 1.08 bits per heavy atom. The van der Waals surface area contributed by atoms with Crippen molar-refractivity contribution < 1.29 is 19.5 Å². The number of nitrogens with one attached hydrogen (secondary N) is 1. The summed E-state index contributed by atoms with van der Waals surface area (Å²) in [6.07, 6.45) is 0. The number of carboxylic acids is 1. The number of halogens is 2. The largest absolute Gasteiger partial charge is 0.545 e. The molecule has 0 aromatic heterocycles. The zero-order valence-corrected chi connectivity index (χ0v) is 14.9. The number of aromatic carboxylic acids is 1. The number of nitrogens with zero attached hydrogens (tertiary/aromatic N) is 1. The second-order valence-corrected chi connectivity index (χ2v) is 6.37. The van der Waals surface area contributed by atoms with Crippen molar-refractivity contribution in [1.82, 2.24) is 0 Å². The summed E-state index contributed by atoms with van der Waals surface area (Å²) >= 11 is 12.0. The Labute approximate surface area is 158 Å². The minimum absolute atomic E-state index is 0.0777. The molecular formula is C18H11Cl2N2O4-. The molecule has 0 spiro atoms. The van der Waals surface area contributed by atoms with Gasteiger partial charge in [0, 0.05) is 10.7 Å². The van der Waals surface area contributed by atoms with E-state index in [0.29, 0.717) is 16.3 Å². The zero-order valence-electron chi connectivity index (χ0n) is 13.4. The van der Waals surface area contributed by atoms with Gasteiger partial charge in [-0.1, -0.05) is 41.4 Å². The number of carbonyl (C=O) groups is 3. The van der Waals surface area contributed by atoms with Crippen molar-refractivity contribution in [1.29, 1.82) is 0 Å². The van der Waals surface area contributed by atoms with E-state index in [1.54, 1.807) is 19.1 Å². The van der Waals surface area contributed by atoms with Crippen LogP contribution in [0.4, 0.5) is 11.4 Å². The van der Waals surface area contributed by atoms with Gasteiger partial charge in [0.2, 0.25) is 0 Å². The molecule has 2 aromatic carbocycles. The summed E-state index contributed by atoms with van der Waals surface area (Å²) in [7, 11) is 0. The van der Waals surface area contributed by atoms with Crippen LogP contribution in [-0.2, 0) is 9.59 Å². The van der Waals surface area contributed by atoms with E-state index in [2.05, 4.69) is 5.32 Å². The van der Waals surface area contributed by atoms with E-state index in [4.69, 9.17) is 23.2 Å². The molecule has 0 fully saturated rings.